The molecule has 0 aliphatic heterocycles. The molecule has 1 heterocycles. The summed E-state index contributed by atoms with van der Waals surface area (Å²) in [6.07, 6.45) is 1.61. The molecule has 0 atom stereocenters. The Kier molecular flexibility index (Phi) is 2.95. The van der Waals surface area contributed by atoms with Crippen molar-refractivity contribution in [1.29, 1.82) is 5.26 Å². The van der Waals surface area contributed by atoms with Gasteiger partial charge in [-0.1, -0.05) is 24.3 Å². The lowest BCUT2D eigenvalue weighted by Crippen LogP contribution is -1.90. The van der Waals surface area contributed by atoms with Gasteiger partial charge in [-0.2, -0.15) is 5.26 Å². The molecule has 1 aromatic heterocycles. The quantitative estimate of drug-likeness (QED) is 0.825. The van der Waals surface area contributed by atoms with E-state index < -0.39 is 0 Å². The Morgan fingerprint density at radius 3 is 2.62 bits per heavy atom. The number of rotatable bonds is 2. The minimum Gasteiger partial charge on any atom is -0.392 e. The first-order valence-corrected chi connectivity index (χ1v) is 4.90. The van der Waals surface area contributed by atoms with Crippen molar-refractivity contribution in [3.8, 4) is 17.3 Å². The van der Waals surface area contributed by atoms with E-state index in [0.717, 1.165) is 16.8 Å². The largest absolute Gasteiger partial charge is 0.392 e. The Balaban J connectivity index is 2.47. The van der Waals surface area contributed by atoms with Crippen molar-refractivity contribution in [3.63, 3.8) is 0 Å². The number of pyridine rings is 1. The van der Waals surface area contributed by atoms with Gasteiger partial charge < -0.3 is 5.11 Å². The fourth-order valence-electron chi connectivity index (χ4n) is 1.48. The topological polar surface area (TPSA) is 56.9 Å². The van der Waals surface area contributed by atoms with Crippen molar-refractivity contribution >= 4 is 0 Å². The van der Waals surface area contributed by atoms with E-state index in [1.165, 1.54) is 0 Å². The number of nitriles is 1. The van der Waals surface area contributed by atoms with Crippen molar-refractivity contribution < 1.29 is 5.11 Å². The Hall–Kier alpha value is -2.18. The molecule has 2 rings (SSSR count). The summed E-state index contributed by atoms with van der Waals surface area (Å²) in [7, 11) is 0. The third kappa shape index (κ3) is 1.92. The van der Waals surface area contributed by atoms with Crippen molar-refractivity contribution in [2.24, 2.45) is 0 Å². The van der Waals surface area contributed by atoms with Crippen LogP contribution in [0.4, 0.5) is 0 Å². The number of aliphatic hydroxyl groups is 1. The van der Waals surface area contributed by atoms with Crippen LogP contribution in [0.1, 0.15) is 11.1 Å². The first-order chi connectivity index (χ1) is 7.85. The summed E-state index contributed by atoms with van der Waals surface area (Å²) in [5.74, 6) is 0. The number of benzene rings is 1. The van der Waals surface area contributed by atoms with Crippen molar-refractivity contribution in [1.82, 2.24) is 4.98 Å². The van der Waals surface area contributed by atoms with E-state index in [9.17, 15) is 0 Å². The van der Waals surface area contributed by atoms with Crippen molar-refractivity contribution in [2.45, 2.75) is 6.61 Å². The molecule has 3 nitrogen and oxygen atoms in total. The highest BCUT2D eigenvalue weighted by atomic mass is 16.3. The van der Waals surface area contributed by atoms with Crippen LogP contribution < -0.4 is 0 Å². The van der Waals surface area contributed by atoms with Gasteiger partial charge in [0.25, 0.3) is 0 Å². The van der Waals surface area contributed by atoms with Crippen LogP contribution in [0.15, 0.2) is 42.6 Å². The smallest absolute Gasteiger partial charge is 0.0998 e. The molecule has 0 unspecified atom stereocenters. The number of hydrogen-bond donors (Lipinski definition) is 1. The maximum atomic E-state index is 8.96. The second-order valence-corrected chi connectivity index (χ2v) is 3.37. The van der Waals surface area contributed by atoms with Gasteiger partial charge in [-0.25, -0.2) is 0 Å². The summed E-state index contributed by atoms with van der Waals surface area (Å²) in [6, 6.07) is 13.1. The van der Waals surface area contributed by atoms with E-state index in [1.54, 1.807) is 18.3 Å². The van der Waals surface area contributed by atoms with Crippen molar-refractivity contribution in [3.05, 3.63) is 53.7 Å². The first-order valence-electron chi connectivity index (χ1n) is 4.90. The van der Waals surface area contributed by atoms with E-state index in [4.69, 9.17) is 10.4 Å². The van der Waals surface area contributed by atoms with Gasteiger partial charge in [0.05, 0.1) is 23.9 Å². The predicted molar refractivity (Wildman–Crippen MR) is 60.3 cm³/mol. The second-order valence-electron chi connectivity index (χ2n) is 3.37. The monoisotopic (exact) mass is 210 g/mol. The minimum atomic E-state index is -0.0207. The Labute approximate surface area is 93.6 Å². The average Bonchev–Trinajstić information content (AvgIpc) is 2.39. The van der Waals surface area contributed by atoms with Gasteiger partial charge in [-0.3, -0.25) is 4.98 Å². The number of aliphatic hydroxyl groups excluding tert-OH is 1. The molecule has 1 N–H and O–H groups in total. The molecule has 1 aromatic carbocycles. The van der Waals surface area contributed by atoms with E-state index in [2.05, 4.69) is 11.1 Å². The van der Waals surface area contributed by atoms with E-state index >= 15 is 0 Å². The number of hydrogen-bond acceptors (Lipinski definition) is 3. The highest BCUT2D eigenvalue weighted by Crippen LogP contribution is 2.20. The number of aromatic nitrogens is 1. The fourth-order valence-corrected chi connectivity index (χ4v) is 1.48. The summed E-state index contributed by atoms with van der Waals surface area (Å²) in [6.45, 7) is -0.0207. The normalized spacial score (nSPS) is 9.75. The fraction of sp³-hybridized carbons (Fsp3) is 0.0769. The van der Waals surface area contributed by atoms with Crippen LogP contribution in [-0.2, 0) is 6.61 Å². The van der Waals surface area contributed by atoms with Crippen LogP contribution in [0.3, 0.4) is 0 Å². The zero-order valence-corrected chi connectivity index (χ0v) is 8.59. The Bertz CT molecular complexity index is 526. The summed E-state index contributed by atoms with van der Waals surface area (Å²) in [5, 5.41) is 17.9. The van der Waals surface area contributed by atoms with E-state index in [-0.39, 0.29) is 6.61 Å². The van der Waals surface area contributed by atoms with E-state index in [1.807, 2.05) is 24.3 Å². The van der Waals surface area contributed by atoms with Crippen LogP contribution in [0.5, 0.6) is 0 Å². The molecular formula is C13H10N2O. The molecule has 0 saturated carbocycles. The molecule has 0 aliphatic rings. The predicted octanol–water partition coefficient (Wildman–Crippen LogP) is 2.11. The molecule has 3 heteroatoms. The number of nitrogens with zero attached hydrogens (tertiary/aromatic N) is 2. The third-order valence-electron chi connectivity index (χ3n) is 2.33. The lowest BCUT2D eigenvalue weighted by atomic mass is 10.0. The zero-order chi connectivity index (χ0) is 11.4. The lowest BCUT2D eigenvalue weighted by molar-refractivity contribution is 0.281. The molecule has 78 valence electrons. The van der Waals surface area contributed by atoms with Gasteiger partial charge in [-0.15, -0.1) is 0 Å². The SMILES string of the molecule is N#Cc1ccccc1-c1ccc(CO)cn1. The van der Waals surface area contributed by atoms with Crippen LogP contribution in [0.2, 0.25) is 0 Å². The Morgan fingerprint density at radius 1 is 1.19 bits per heavy atom. The molecule has 0 bridgehead atoms. The summed E-state index contributed by atoms with van der Waals surface area (Å²) >= 11 is 0. The molecule has 2 aromatic rings. The lowest BCUT2D eigenvalue weighted by Gasteiger charge is -2.03. The van der Waals surface area contributed by atoms with Crippen LogP contribution >= 0.6 is 0 Å². The average molecular weight is 210 g/mol. The summed E-state index contributed by atoms with van der Waals surface area (Å²) in [4.78, 5) is 4.22. The highest BCUT2D eigenvalue weighted by Gasteiger charge is 2.04. The molecule has 16 heavy (non-hydrogen) atoms. The van der Waals surface area contributed by atoms with E-state index in [0.29, 0.717) is 5.56 Å². The highest BCUT2D eigenvalue weighted by molar-refractivity contribution is 5.67. The standard InChI is InChI=1S/C13H10N2O/c14-7-11-3-1-2-4-12(11)13-6-5-10(9-16)8-15-13/h1-6,8,16H,9H2. The first kappa shape index (κ1) is 10.3. The summed E-state index contributed by atoms with van der Waals surface area (Å²) in [5.41, 5.74) is 2.92. The third-order valence-corrected chi connectivity index (χ3v) is 2.33. The Morgan fingerprint density at radius 2 is 2.00 bits per heavy atom. The van der Waals surface area contributed by atoms with Gasteiger partial charge in [0.1, 0.15) is 0 Å². The molecule has 0 saturated heterocycles. The van der Waals surface area contributed by atoms with Crippen LogP contribution in [-0.4, -0.2) is 10.1 Å². The minimum absolute atomic E-state index is 0.0207. The van der Waals surface area contributed by atoms with Crippen molar-refractivity contribution in [2.75, 3.05) is 0 Å². The molecule has 0 aliphatic carbocycles. The second kappa shape index (κ2) is 4.56. The van der Waals surface area contributed by atoms with Gasteiger partial charge in [0.2, 0.25) is 0 Å². The van der Waals surface area contributed by atoms with Gasteiger partial charge >= 0.3 is 0 Å². The van der Waals surface area contributed by atoms with Gasteiger partial charge in [0.15, 0.2) is 0 Å². The molecule has 0 fully saturated rings. The summed E-state index contributed by atoms with van der Waals surface area (Å²) < 4.78 is 0. The molecule has 0 radical (unpaired) electrons. The maximum Gasteiger partial charge on any atom is 0.0998 e. The van der Waals surface area contributed by atoms with Gasteiger partial charge in [-0.05, 0) is 17.7 Å². The molecule has 0 amide bonds. The zero-order valence-electron chi connectivity index (χ0n) is 8.59. The van der Waals surface area contributed by atoms with Crippen LogP contribution in [0.25, 0.3) is 11.3 Å². The van der Waals surface area contributed by atoms with Gasteiger partial charge in [0, 0.05) is 11.8 Å². The van der Waals surface area contributed by atoms with Crippen LogP contribution in [0, 0.1) is 11.3 Å². The molecular weight excluding hydrogens is 200 g/mol. The maximum absolute atomic E-state index is 8.96. The molecule has 0 spiro atoms.